The minimum Gasteiger partial charge on any atom is -0.134 e. The van der Waals surface area contributed by atoms with Gasteiger partial charge < -0.3 is 0 Å². The lowest BCUT2D eigenvalue weighted by atomic mass is 10.1. The molecule has 0 saturated heterocycles. The van der Waals surface area contributed by atoms with Crippen LogP contribution in [0.15, 0.2) is 57.5 Å². The van der Waals surface area contributed by atoms with Gasteiger partial charge in [-0.2, -0.15) is 0 Å². The second kappa shape index (κ2) is 4.56. The molecule has 0 fully saturated rings. The van der Waals surface area contributed by atoms with Crippen molar-refractivity contribution in [2.24, 2.45) is 0 Å². The Balaban J connectivity index is 2.27. The number of fused-ring (bicyclic) bond motifs is 1. The van der Waals surface area contributed by atoms with Crippen molar-refractivity contribution in [1.82, 2.24) is 0 Å². The minimum absolute atomic E-state index is 1.15. The fraction of sp³-hybridized carbons (Fsp3) is 0. The monoisotopic (exact) mass is 366 g/mol. The molecule has 1 aromatic heterocycles. The average Bonchev–Trinajstić information content (AvgIpc) is 2.81. The molecule has 0 radical (unpaired) electrons. The fourth-order valence-corrected chi connectivity index (χ4v) is 4.06. The third-order valence-corrected chi connectivity index (χ3v) is 5.47. The number of halogens is 2. The maximum atomic E-state index is 3.61. The van der Waals surface area contributed by atoms with Crippen molar-refractivity contribution in [1.29, 1.82) is 0 Å². The molecule has 84 valence electrons. The molecule has 0 aliphatic rings. The molecule has 0 nitrogen and oxygen atoms in total. The van der Waals surface area contributed by atoms with Crippen molar-refractivity contribution >= 4 is 53.3 Å². The molecule has 3 heteroatoms. The fourth-order valence-electron chi connectivity index (χ4n) is 1.80. The molecule has 1 heterocycles. The summed E-state index contributed by atoms with van der Waals surface area (Å²) in [4.78, 5) is 1.30. The van der Waals surface area contributed by atoms with E-state index >= 15 is 0 Å². The summed E-state index contributed by atoms with van der Waals surface area (Å²) in [5, 5.41) is 1.27. The summed E-state index contributed by atoms with van der Waals surface area (Å²) in [6, 6.07) is 16.9. The van der Waals surface area contributed by atoms with Gasteiger partial charge in [-0.25, -0.2) is 0 Å². The number of hydrogen-bond donors (Lipinski definition) is 0. The predicted octanol–water partition coefficient (Wildman–Crippen LogP) is 6.09. The molecular formula is C14H8Br2S. The van der Waals surface area contributed by atoms with Gasteiger partial charge in [0.05, 0.1) is 4.70 Å². The maximum Gasteiger partial charge on any atom is 0.0502 e. The van der Waals surface area contributed by atoms with E-state index in [4.69, 9.17) is 0 Å². The zero-order chi connectivity index (χ0) is 11.8. The van der Waals surface area contributed by atoms with E-state index in [2.05, 4.69) is 74.3 Å². The Hall–Kier alpha value is -0.640. The molecule has 0 bridgehead atoms. The SMILES string of the molecule is Brc1ccc(Br)c2sc(-c3ccccc3)cc12. The topological polar surface area (TPSA) is 0 Å². The first-order valence-corrected chi connectivity index (χ1v) is 7.59. The summed E-state index contributed by atoms with van der Waals surface area (Å²) in [7, 11) is 0. The zero-order valence-electron chi connectivity index (χ0n) is 8.78. The molecule has 3 aromatic rings. The molecule has 0 aliphatic heterocycles. The van der Waals surface area contributed by atoms with E-state index in [0.717, 1.165) is 8.95 Å². The van der Waals surface area contributed by atoms with E-state index < -0.39 is 0 Å². The molecule has 0 amide bonds. The summed E-state index contributed by atoms with van der Waals surface area (Å²) in [6.07, 6.45) is 0. The Morgan fingerprint density at radius 2 is 1.53 bits per heavy atom. The Morgan fingerprint density at radius 1 is 0.824 bits per heavy atom. The molecule has 0 atom stereocenters. The molecule has 0 N–H and O–H groups in total. The highest BCUT2D eigenvalue weighted by Crippen LogP contribution is 2.40. The van der Waals surface area contributed by atoms with Crippen molar-refractivity contribution in [3.8, 4) is 10.4 Å². The molecular weight excluding hydrogens is 360 g/mol. The highest BCUT2D eigenvalue weighted by Gasteiger charge is 2.09. The summed E-state index contributed by atoms with van der Waals surface area (Å²) in [5.41, 5.74) is 1.27. The van der Waals surface area contributed by atoms with E-state index in [9.17, 15) is 0 Å². The molecule has 2 aromatic carbocycles. The Bertz CT molecular complexity index is 632. The second-order valence-corrected chi connectivity index (χ2v) is 6.51. The Morgan fingerprint density at radius 3 is 2.24 bits per heavy atom. The van der Waals surface area contributed by atoms with Crippen LogP contribution in [-0.4, -0.2) is 0 Å². The molecule has 0 aliphatic carbocycles. The van der Waals surface area contributed by atoms with Gasteiger partial charge in [0.2, 0.25) is 0 Å². The van der Waals surface area contributed by atoms with E-state index in [0.29, 0.717) is 0 Å². The van der Waals surface area contributed by atoms with Gasteiger partial charge in [-0.1, -0.05) is 46.3 Å². The van der Waals surface area contributed by atoms with Crippen LogP contribution in [-0.2, 0) is 0 Å². The number of benzene rings is 2. The van der Waals surface area contributed by atoms with E-state index in [-0.39, 0.29) is 0 Å². The lowest BCUT2D eigenvalue weighted by Crippen LogP contribution is -1.69. The number of hydrogen-bond acceptors (Lipinski definition) is 1. The lowest BCUT2D eigenvalue weighted by molar-refractivity contribution is 1.70. The summed E-state index contributed by atoms with van der Waals surface area (Å²) in [5.74, 6) is 0. The highest BCUT2D eigenvalue weighted by molar-refractivity contribution is 9.11. The number of thiophene rings is 1. The lowest BCUT2D eigenvalue weighted by Gasteiger charge is -1.94. The molecule has 0 unspecified atom stereocenters. The third-order valence-electron chi connectivity index (χ3n) is 2.64. The summed E-state index contributed by atoms with van der Waals surface area (Å²) in [6.45, 7) is 0. The summed E-state index contributed by atoms with van der Waals surface area (Å²) >= 11 is 9.02. The van der Waals surface area contributed by atoms with E-state index in [1.807, 2.05) is 17.4 Å². The predicted molar refractivity (Wildman–Crippen MR) is 82.7 cm³/mol. The third kappa shape index (κ3) is 2.07. The second-order valence-electron chi connectivity index (χ2n) is 3.75. The van der Waals surface area contributed by atoms with Gasteiger partial charge in [-0.3, -0.25) is 0 Å². The van der Waals surface area contributed by atoms with Crippen molar-refractivity contribution in [3.63, 3.8) is 0 Å². The van der Waals surface area contributed by atoms with E-state index in [1.54, 1.807) is 0 Å². The van der Waals surface area contributed by atoms with Crippen LogP contribution in [0, 0.1) is 0 Å². The van der Waals surface area contributed by atoms with Crippen LogP contribution in [0.4, 0.5) is 0 Å². The molecule has 3 rings (SSSR count). The van der Waals surface area contributed by atoms with Crippen LogP contribution in [0.5, 0.6) is 0 Å². The maximum absolute atomic E-state index is 3.61. The van der Waals surface area contributed by atoms with Crippen LogP contribution in [0.1, 0.15) is 0 Å². The smallest absolute Gasteiger partial charge is 0.0502 e. The minimum atomic E-state index is 1.15. The highest BCUT2D eigenvalue weighted by atomic mass is 79.9. The molecule has 17 heavy (non-hydrogen) atoms. The normalized spacial score (nSPS) is 10.9. The van der Waals surface area contributed by atoms with Gasteiger partial charge in [0.25, 0.3) is 0 Å². The van der Waals surface area contributed by atoms with Gasteiger partial charge in [-0.15, -0.1) is 11.3 Å². The van der Waals surface area contributed by atoms with Crippen LogP contribution in [0.3, 0.4) is 0 Å². The number of rotatable bonds is 1. The van der Waals surface area contributed by atoms with Gasteiger partial charge in [0.1, 0.15) is 0 Å². The molecule has 0 spiro atoms. The quantitative estimate of drug-likeness (QED) is 0.487. The van der Waals surface area contributed by atoms with Crippen LogP contribution >= 0.6 is 43.2 Å². The Labute approximate surface area is 121 Å². The van der Waals surface area contributed by atoms with Crippen molar-refractivity contribution in [2.45, 2.75) is 0 Å². The summed E-state index contributed by atoms with van der Waals surface area (Å²) < 4.78 is 3.59. The van der Waals surface area contributed by atoms with Crippen molar-refractivity contribution < 1.29 is 0 Å². The zero-order valence-corrected chi connectivity index (χ0v) is 12.8. The largest absolute Gasteiger partial charge is 0.134 e. The van der Waals surface area contributed by atoms with Gasteiger partial charge in [0, 0.05) is 19.2 Å². The first-order chi connectivity index (χ1) is 8.25. The van der Waals surface area contributed by atoms with Gasteiger partial charge in [-0.05, 0) is 39.7 Å². The molecule has 0 saturated carbocycles. The Kier molecular flexibility index (Phi) is 3.07. The average molecular weight is 368 g/mol. The van der Waals surface area contributed by atoms with Crippen LogP contribution < -0.4 is 0 Å². The van der Waals surface area contributed by atoms with E-state index in [1.165, 1.54) is 20.5 Å². The van der Waals surface area contributed by atoms with Gasteiger partial charge >= 0.3 is 0 Å². The van der Waals surface area contributed by atoms with Crippen LogP contribution in [0.2, 0.25) is 0 Å². The first-order valence-electron chi connectivity index (χ1n) is 5.18. The first kappa shape index (κ1) is 11.5. The van der Waals surface area contributed by atoms with Crippen molar-refractivity contribution in [3.05, 3.63) is 57.5 Å². The standard InChI is InChI=1S/C14H8Br2S/c15-11-6-7-12(16)14-10(11)8-13(17-14)9-4-2-1-3-5-9/h1-8H. The van der Waals surface area contributed by atoms with Crippen LogP contribution in [0.25, 0.3) is 20.5 Å². The van der Waals surface area contributed by atoms with Gasteiger partial charge in [0.15, 0.2) is 0 Å². The van der Waals surface area contributed by atoms with Crippen molar-refractivity contribution in [2.75, 3.05) is 0 Å².